The molecule has 1 aromatic rings. The fourth-order valence-electron chi connectivity index (χ4n) is 2.43. The fraction of sp³-hybridized carbons (Fsp3) is 0.647. The minimum atomic E-state index is -3.49. The van der Waals surface area contributed by atoms with Crippen molar-refractivity contribution in [3.05, 3.63) is 28.2 Å². The van der Waals surface area contributed by atoms with Gasteiger partial charge in [-0.2, -0.15) is 4.31 Å². The number of benzene rings is 1. The summed E-state index contributed by atoms with van der Waals surface area (Å²) in [4.78, 5) is 4.50. The van der Waals surface area contributed by atoms with E-state index in [0.29, 0.717) is 22.5 Å². The standard InChI is InChI=1S/C17H30BrN3O2S/c1-15-8-9-17(16(18)14-15)24(22,23)21(12-6-10-19(2)3)13-7-11-20(4)5/h8-9,14H,6-7,10-13H2,1-5H3. The number of nitrogens with zero attached hydrogens (tertiary/aromatic N) is 3. The zero-order chi connectivity index (χ0) is 18.3. The maximum absolute atomic E-state index is 13.1. The van der Waals surface area contributed by atoms with Crippen molar-refractivity contribution in [2.24, 2.45) is 0 Å². The van der Waals surface area contributed by atoms with E-state index in [2.05, 4.69) is 25.7 Å². The molecule has 0 N–H and O–H groups in total. The van der Waals surface area contributed by atoms with E-state index in [1.54, 1.807) is 10.4 Å². The molecule has 0 aromatic heterocycles. The molecule has 0 saturated carbocycles. The lowest BCUT2D eigenvalue weighted by atomic mass is 10.2. The van der Waals surface area contributed by atoms with Crippen molar-refractivity contribution in [3.8, 4) is 0 Å². The molecule has 1 rings (SSSR count). The Morgan fingerprint density at radius 3 is 1.83 bits per heavy atom. The van der Waals surface area contributed by atoms with Crippen LogP contribution in [0.15, 0.2) is 27.6 Å². The normalized spacial score (nSPS) is 12.5. The summed E-state index contributed by atoms with van der Waals surface area (Å²) in [5.41, 5.74) is 1.03. The largest absolute Gasteiger partial charge is 0.309 e. The van der Waals surface area contributed by atoms with Crippen molar-refractivity contribution in [3.63, 3.8) is 0 Å². The van der Waals surface area contributed by atoms with Crippen LogP contribution in [0.1, 0.15) is 18.4 Å². The van der Waals surface area contributed by atoms with E-state index in [1.165, 1.54) is 0 Å². The molecule has 0 heterocycles. The van der Waals surface area contributed by atoms with Gasteiger partial charge in [-0.25, -0.2) is 8.42 Å². The topological polar surface area (TPSA) is 43.9 Å². The first-order valence-electron chi connectivity index (χ1n) is 8.20. The van der Waals surface area contributed by atoms with Crippen LogP contribution in [0.3, 0.4) is 0 Å². The van der Waals surface area contributed by atoms with Gasteiger partial charge < -0.3 is 9.80 Å². The smallest absolute Gasteiger partial charge is 0.244 e. The molecule has 0 atom stereocenters. The molecule has 0 spiro atoms. The molecule has 0 fully saturated rings. The average molecular weight is 420 g/mol. The van der Waals surface area contributed by atoms with Gasteiger partial charge in [0.1, 0.15) is 0 Å². The molecule has 0 aliphatic heterocycles. The van der Waals surface area contributed by atoms with Crippen LogP contribution in [-0.4, -0.2) is 76.9 Å². The van der Waals surface area contributed by atoms with Crippen LogP contribution in [0.5, 0.6) is 0 Å². The van der Waals surface area contributed by atoms with Crippen molar-refractivity contribution >= 4 is 26.0 Å². The Kier molecular flexibility index (Phi) is 8.87. The Morgan fingerprint density at radius 1 is 0.917 bits per heavy atom. The highest BCUT2D eigenvalue weighted by atomic mass is 79.9. The lowest BCUT2D eigenvalue weighted by molar-refractivity contribution is 0.326. The van der Waals surface area contributed by atoms with Crippen LogP contribution < -0.4 is 0 Å². The van der Waals surface area contributed by atoms with Gasteiger partial charge in [0.15, 0.2) is 0 Å². The third kappa shape index (κ3) is 6.80. The third-order valence-corrected chi connectivity index (χ3v) is 6.61. The van der Waals surface area contributed by atoms with Crippen molar-refractivity contribution in [1.82, 2.24) is 14.1 Å². The monoisotopic (exact) mass is 419 g/mol. The van der Waals surface area contributed by atoms with E-state index < -0.39 is 10.0 Å². The van der Waals surface area contributed by atoms with Gasteiger partial charge in [0, 0.05) is 17.6 Å². The molecule has 0 aliphatic carbocycles. The summed E-state index contributed by atoms with van der Waals surface area (Å²) in [6, 6.07) is 5.39. The Morgan fingerprint density at radius 2 is 1.42 bits per heavy atom. The summed E-state index contributed by atoms with van der Waals surface area (Å²) >= 11 is 3.41. The van der Waals surface area contributed by atoms with Gasteiger partial charge in [0.05, 0.1) is 4.90 Å². The number of sulfonamides is 1. The maximum Gasteiger partial charge on any atom is 0.244 e. The predicted octanol–water partition coefficient (Wildman–Crippen LogP) is 2.65. The highest BCUT2D eigenvalue weighted by molar-refractivity contribution is 9.10. The molecule has 138 valence electrons. The van der Waals surface area contributed by atoms with Gasteiger partial charge in [-0.15, -0.1) is 0 Å². The second-order valence-electron chi connectivity index (χ2n) is 6.65. The van der Waals surface area contributed by atoms with E-state index in [1.807, 2.05) is 47.2 Å². The Labute approximate surface area is 155 Å². The zero-order valence-electron chi connectivity index (χ0n) is 15.4. The highest BCUT2D eigenvalue weighted by Gasteiger charge is 2.26. The SMILES string of the molecule is Cc1ccc(S(=O)(=O)N(CCCN(C)C)CCCN(C)C)c(Br)c1. The Hall–Kier alpha value is -0.470. The first-order chi connectivity index (χ1) is 11.1. The maximum atomic E-state index is 13.1. The summed E-state index contributed by atoms with van der Waals surface area (Å²) in [6.45, 7) is 4.76. The van der Waals surface area contributed by atoms with Crippen LogP contribution in [0.2, 0.25) is 0 Å². The third-order valence-electron chi connectivity index (χ3n) is 3.73. The van der Waals surface area contributed by atoms with E-state index >= 15 is 0 Å². The quantitative estimate of drug-likeness (QED) is 0.584. The molecule has 0 bridgehead atoms. The predicted molar refractivity (Wildman–Crippen MR) is 104 cm³/mol. The van der Waals surface area contributed by atoms with Crippen LogP contribution >= 0.6 is 15.9 Å². The number of hydrogen-bond acceptors (Lipinski definition) is 4. The van der Waals surface area contributed by atoms with Crippen LogP contribution in [0.25, 0.3) is 0 Å². The van der Waals surface area contributed by atoms with Gasteiger partial charge in [-0.05, 0) is 94.7 Å². The first-order valence-corrected chi connectivity index (χ1v) is 10.4. The Balaban J connectivity index is 2.96. The molecule has 0 saturated heterocycles. The van der Waals surface area contributed by atoms with Crippen molar-refractivity contribution in [1.29, 1.82) is 0 Å². The van der Waals surface area contributed by atoms with E-state index in [0.717, 1.165) is 31.5 Å². The molecule has 1 aromatic carbocycles. The summed E-state index contributed by atoms with van der Waals surface area (Å²) in [5, 5.41) is 0. The van der Waals surface area contributed by atoms with Gasteiger partial charge in [-0.1, -0.05) is 6.07 Å². The summed E-state index contributed by atoms with van der Waals surface area (Å²) in [7, 11) is 4.51. The van der Waals surface area contributed by atoms with Gasteiger partial charge in [-0.3, -0.25) is 0 Å². The minimum absolute atomic E-state index is 0.350. The molecular formula is C17H30BrN3O2S. The molecule has 5 nitrogen and oxygen atoms in total. The molecular weight excluding hydrogens is 390 g/mol. The lowest BCUT2D eigenvalue weighted by Gasteiger charge is -2.24. The summed E-state index contributed by atoms with van der Waals surface area (Å²) in [5.74, 6) is 0. The summed E-state index contributed by atoms with van der Waals surface area (Å²) < 4.78 is 28.4. The van der Waals surface area contributed by atoms with E-state index in [9.17, 15) is 8.42 Å². The molecule has 0 unspecified atom stereocenters. The van der Waals surface area contributed by atoms with Crippen LogP contribution in [0, 0.1) is 6.92 Å². The number of hydrogen-bond donors (Lipinski definition) is 0. The van der Waals surface area contributed by atoms with Gasteiger partial charge in [0.2, 0.25) is 10.0 Å². The van der Waals surface area contributed by atoms with Crippen LogP contribution in [-0.2, 0) is 10.0 Å². The average Bonchev–Trinajstić information content (AvgIpc) is 2.44. The van der Waals surface area contributed by atoms with Gasteiger partial charge >= 0.3 is 0 Å². The summed E-state index contributed by atoms with van der Waals surface area (Å²) in [6.07, 6.45) is 1.63. The van der Waals surface area contributed by atoms with Crippen molar-refractivity contribution in [2.45, 2.75) is 24.7 Å². The van der Waals surface area contributed by atoms with Gasteiger partial charge in [0.25, 0.3) is 0 Å². The number of rotatable bonds is 10. The molecule has 7 heteroatoms. The second kappa shape index (κ2) is 9.87. The van der Waals surface area contributed by atoms with E-state index in [4.69, 9.17) is 0 Å². The number of aryl methyl sites for hydroxylation is 1. The molecule has 0 aliphatic rings. The van der Waals surface area contributed by atoms with Crippen molar-refractivity contribution < 1.29 is 8.42 Å². The lowest BCUT2D eigenvalue weighted by Crippen LogP contribution is -2.35. The second-order valence-corrected chi connectivity index (χ2v) is 9.41. The van der Waals surface area contributed by atoms with Crippen molar-refractivity contribution in [2.75, 3.05) is 54.4 Å². The highest BCUT2D eigenvalue weighted by Crippen LogP contribution is 2.26. The molecule has 0 radical (unpaired) electrons. The molecule has 24 heavy (non-hydrogen) atoms. The molecule has 0 amide bonds. The fourth-order valence-corrected chi connectivity index (χ4v) is 5.10. The number of halogens is 1. The minimum Gasteiger partial charge on any atom is -0.309 e. The first kappa shape index (κ1) is 21.6. The van der Waals surface area contributed by atoms with E-state index in [-0.39, 0.29) is 0 Å². The zero-order valence-corrected chi connectivity index (χ0v) is 17.8. The van der Waals surface area contributed by atoms with Crippen LogP contribution in [0.4, 0.5) is 0 Å². The Bertz CT molecular complexity index is 604.